The van der Waals surface area contributed by atoms with Gasteiger partial charge in [0.1, 0.15) is 6.04 Å². The molecular weight excluding hydrogens is 338 g/mol. The molecule has 0 radical (unpaired) electrons. The Hall–Kier alpha value is -1.59. The molecule has 1 saturated carbocycles. The summed E-state index contributed by atoms with van der Waals surface area (Å²) in [5.41, 5.74) is 1.12. The smallest absolute Gasteiger partial charge is 0.244 e. The Balaban J connectivity index is 1.98. The van der Waals surface area contributed by atoms with E-state index in [2.05, 4.69) is 16.7 Å². The lowest BCUT2D eigenvalue weighted by Crippen LogP contribution is -2.47. The van der Waals surface area contributed by atoms with Gasteiger partial charge >= 0.3 is 0 Å². The van der Waals surface area contributed by atoms with Crippen LogP contribution in [0.5, 0.6) is 0 Å². The van der Waals surface area contributed by atoms with Crippen LogP contribution >= 0.6 is 11.6 Å². The standard InChI is InChI=1S/C19H28ClN3O2/c1-13(19(25)23(2)3)22-17(24)12-21-18(14-7-4-5-8-14)15-9-6-10-16(20)11-15/h6,9-11,13-14,18,21H,4-5,7-8,12H2,1-3H3,(H,22,24). The van der Waals surface area contributed by atoms with E-state index < -0.39 is 6.04 Å². The lowest BCUT2D eigenvalue weighted by Gasteiger charge is -2.26. The van der Waals surface area contributed by atoms with Gasteiger partial charge in [-0.15, -0.1) is 0 Å². The largest absolute Gasteiger partial charge is 0.347 e. The zero-order valence-electron chi connectivity index (χ0n) is 15.2. The summed E-state index contributed by atoms with van der Waals surface area (Å²) in [4.78, 5) is 25.6. The summed E-state index contributed by atoms with van der Waals surface area (Å²) >= 11 is 6.14. The molecule has 5 nitrogen and oxygen atoms in total. The highest BCUT2D eigenvalue weighted by Gasteiger charge is 2.27. The van der Waals surface area contributed by atoms with Gasteiger partial charge in [-0.25, -0.2) is 0 Å². The SMILES string of the molecule is CC(NC(=O)CNC(c1cccc(Cl)c1)C1CCCC1)C(=O)N(C)C. The Bertz CT molecular complexity index is 600. The summed E-state index contributed by atoms with van der Waals surface area (Å²) in [6, 6.07) is 7.40. The number of rotatable bonds is 7. The highest BCUT2D eigenvalue weighted by atomic mass is 35.5. The second-order valence-corrected chi connectivity index (χ2v) is 7.42. The summed E-state index contributed by atoms with van der Waals surface area (Å²) in [7, 11) is 3.36. The molecule has 2 atom stereocenters. The molecule has 6 heteroatoms. The third kappa shape index (κ3) is 5.72. The summed E-state index contributed by atoms with van der Waals surface area (Å²) < 4.78 is 0. The summed E-state index contributed by atoms with van der Waals surface area (Å²) in [6.45, 7) is 1.88. The quantitative estimate of drug-likeness (QED) is 0.781. The zero-order valence-corrected chi connectivity index (χ0v) is 16.0. The van der Waals surface area contributed by atoms with E-state index in [-0.39, 0.29) is 24.4 Å². The van der Waals surface area contributed by atoms with Crippen molar-refractivity contribution in [2.45, 2.75) is 44.7 Å². The fraction of sp³-hybridized carbons (Fsp3) is 0.579. The number of hydrogen-bond acceptors (Lipinski definition) is 3. The molecule has 2 N–H and O–H groups in total. The maximum Gasteiger partial charge on any atom is 0.244 e. The molecule has 1 aliphatic carbocycles. The maximum absolute atomic E-state index is 12.2. The number of amides is 2. The first kappa shape index (κ1) is 19.7. The van der Waals surface area contributed by atoms with Crippen molar-refractivity contribution >= 4 is 23.4 Å². The first-order chi connectivity index (χ1) is 11.9. The van der Waals surface area contributed by atoms with Crippen LogP contribution in [-0.2, 0) is 9.59 Å². The van der Waals surface area contributed by atoms with Gasteiger partial charge in [0.25, 0.3) is 0 Å². The van der Waals surface area contributed by atoms with Crippen molar-refractivity contribution in [3.05, 3.63) is 34.9 Å². The molecule has 0 heterocycles. The normalized spacial score (nSPS) is 17.1. The van der Waals surface area contributed by atoms with Gasteiger partial charge in [0.2, 0.25) is 11.8 Å². The zero-order chi connectivity index (χ0) is 18.4. The third-order valence-electron chi connectivity index (χ3n) is 4.75. The van der Waals surface area contributed by atoms with Gasteiger partial charge < -0.3 is 15.5 Å². The van der Waals surface area contributed by atoms with Crippen LogP contribution in [-0.4, -0.2) is 43.4 Å². The Morgan fingerprint density at radius 1 is 1.28 bits per heavy atom. The molecule has 0 aromatic heterocycles. The molecule has 0 spiro atoms. The van der Waals surface area contributed by atoms with E-state index in [0.29, 0.717) is 10.9 Å². The monoisotopic (exact) mass is 365 g/mol. The van der Waals surface area contributed by atoms with Crippen LogP contribution in [0, 0.1) is 5.92 Å². The molecule has 0 saturated heterocycles. The van der Waals surface area contributed by atoms with Crippen LogP contribution in [0.3, 0.4) is 0 Å². The third-order valence-corrected chi connectivity index (χ3v) is 4.99. The highest BCUT2D eigenvalue weighted by Crippen LogP contribution is 2.36. The molecule has 2 unspecified atom stereocenters. The van der Waals surface area contributed by atoms with E-state index in [9.17, 15) is 9.59 Å². The predicted molar refractivity (Wildman–Crippen MR) is 100 cm³/mol. The van der Waals surface area contributed by atoms with Crippen molar-refractivity contribution in [2.75, 3.05) is 20.6 Å². The number of carbonyl (C=O) groups excluding carboxylic acids is 2. The molecule has 2 rings (SSSR count). The Labute approximate surface area is 155 Å². The molecule has 1 aromatic rings. The van der Waals surface area contributed by atoms with Crippen LogP contribution in [0.1, 0.15) is 44.2 Å². The minimum Gasteiger partial charge on any atom is -0.347 e. The molecule has 25 heavy (non-hydrogen) atoms. The van der Waals surface area contributed by atoms with Crippen LogP contribution in [0.2, 0.25) is 5.02 Å². The van der Waals surface area contributed by atoms with E-state index in [4.69, 9.17) is 11.6 Å². The number of nitrogens with zero attached hydrogens (tertiary/aromatic N) is 1. The van der Waals surface area contributed by atoms with Gasteiger partial charge in [-0.3, -0.25) is 9.59 Å². The molecular formula is C19H28ClN3O2. The molecule has 0 bridgehead atoms. The Morgan fingerprint density at radius 2 is 1.96 bits per heavy atom. The van der Waals surface area contributed by atoms with E-state index in [1.807, 2.05) is 18.2 Å². The second kappa shape index (κ2) is 9.20. The molecule has 2 amide bonds. The summed E-state index contributed by atoms with van der Waals surface area (Å²) in [5, 5.41) is 6.84. The molecule has 138 valence electrons. The van der Waals surface area contributed by atoms with Crippen molar-refractivity contribution in [3.63, 3.8) is 0 Å². The van der Waals surface area contributed by atoms with Crippen molar-refractivity contribution in [1.82, 2.24) is 15.5 Å². The number of likely N-dealkylation sites (N-methyl/N-ethyl adjacent to an activating group) is 1. The van der Waals surface area contributed by atoms with E-state index in [1.54, 1.807) is 21.0 Å². The first-order valence-corrected chi connectivity index (χ1v) is 9.25. The van der Waals surface area contributed by atoms with Gasteiger partial charge in [0, 0.05) is 25.2 Å². The van der Waals surface area contributed by atoms with Gasteiger partial charge in [-0.05, 0) is 43.4 Å². The molecule has 0 aliphatic heterocycles. The number of halogens is 1. The number of hydrogen-bond donors (Lipinski definition) is 2. The summed E-state index contributed by atoms with van der Waals surface area (Å²) in [5.74, 6) is 0.218. The Kier molecular flexibility index (Phi) is 7.26. The maximum atomic E-state index is 12.2. The molecule has 1 aromatic carbocycles. The average molecular weight is 366 g/mol. The van der Waals surface area contributed by atoms with Crippen LogP contribution in [0.4, 0.5) is 0 Å². The topological polar surface area (TPSA) is 61.4 Å². The molecule has 1 aliphatic rings. The number of benzene rings is 1. The second-order valence-electron chi connectivity index (χ2n) is 6.98. The summed E-state index contributed by atoms with van der Waals surface area (Å²) in [6.07, 6.45) is 4.76. The highest BCUT2D eigenvalue weighted by molar-refractivity contribution is 6.30. The minimum atomic E-state index is -0.527. The van der Waals surface area contributed by atoms with Gasteiger partial charge in [0.15, 0.2) is 0 Å². The van der Waals surface area contributed by atoms with Crippen molar-refractivity contribution in [1.29, 1.82) is 0 Å². The van der Waals surface area contributed by atoms with E-state index in [1.165, 1.54) is 17.7 Å². The lowest BCUT2D eigenvalue weighted by atomic mass is 9.91. The van der Waals surface area contributed by atoms with Gasteiger partial charge in [-0.1, -0.05) is 36.6 Å². The Morgan fingerprint density at radius 3 is 2.56 bits per heavy atom. The van der Waals surface area contributed by atoms with Gasteiger partial charge in [0.05, 0.1) is 6.54 Å². The first-order valence-electron chi connectivity index (χ1n) is 8.88. The van der Waals surface area contributed by atoms with Crippen molar-refractivity contribution in [3.8, 4) is 0 Å². The fourth-order valence-electron chi connectivity index (χ4n) is 3.49. The van der Waals surface area contributed by atoms with Crippen LogP contribution in [0.15, 0.2) is 24.3 Å². The van der Waals surface area contributed by atoms with Crippen molar-refractivity contribution in [2.24, 2.45) is 5.92 Å². The number of carbonyl (C=O) groups is 2. The predicted octanol–water partition coefficient (Wildman–Crippen LogP) is 2.75. The van der Waals surface area contributed by atoms with Gasteiger partial charge in [-0.2, -0.15) is 0 Å². The fourth-order valence-corrected chi connectivity index (χ4v) is 3.69. The lowest BCUT2D eigenvalue weighted by molar-refractivity contribution is -0.133. The minimum absolute atomic E-state index is 0.104. The van der Waals surface area contributed by atoms with Crippen LogP contribution < -0.4 is 10.6 Å². The van der Waals surface area contributed by atoms with Crippen molar-refractivity contribution < 1.29 is 9.59 Å². The van der Waals surface area contributed by atoms with Crippen LogP contribution in [0.25, 0.3) is 0 Å². The molecule has 1 fully saturated rings. The number of nitrogens with one attached hydrogen (secondary N) is 2. The average Bonchev–Trinajstić information content (AvgIpc) is 3.08. The van der Waals surface area contributed by atoms with E-state index >= 15 is 0 Å². The van der Waals surface area contributed by atoms with E-state index in [0.717, 1.165) is 18.4 Å².